The van der Waals surface area contributed by atoms with Crippen molar-refractivity contribution in [1.82, 2.24) is 4.57 Å². The summed E-state index contributed by atoms with van der Waals surface area (Å²) < 4.78 is 18.7. The first-order chi connectivity index (χ1) is 13.5. The topological polar surface area (TPSA) is 79.1 Å². The largest absolute Gasteiger partial charge is 0.497 e. The van der Waals surface area contributed by atoms with Gasteiger partial charge < -0.3 is 18.8 Å². The van der Waals surface area contributed by atoms with Gasteiger partial charge in [0.1, 0.15) is 18.0 Å². The molecule has 28 heavy (non-hydrogen) atoms. The van der Waals surface area contributed by atoms with Gasteiger partial charge in [-0.3, -0.25) is 9.59 Å². The molecule has 1 heterocycles. The van der Waals surface area contributed by atoms with Gasteiger partial charge in [-0.15, -0.1) is 0 Å². The third kappa shape index (κ3) is 4.10. The summed E-state index contributed by atoms with van der Waals surface area (Å²) in [5.41, 5.74) is 1.05. The van der Waals surface area contributed by atoms with Gasteiger partial charge in [-0.1, -0.05) is 27.3 Å². The first kappa shape index (κ1) is 20.1. The summed E-state index contributed by atoms with van der Waals surface area (Å²) in [6.07, 6.45) is 0. The maximum atomic E-state index is 12.9. The zero-order valence-corrected chi connectivity index (χ0v) is 17.8. The SMILES string of the molecule is COC(=O)Cn1c(=NC(=O)c2cc(OC)ccc2OC)sc2cc(Br)ccc21. The molecule has 0 bridgehead atoms. The average molecular weight is 465 g/mol. The van der Waals surface area contributed by atoms with E-state index in [1.54, 1.807) is 22.8 Å². The van der Waals surface area contributed by atoms with Crippen molar-refractivity contribution in [3.8, 4) is 11.5 Å². The van der Waals surface area contributed by atoms with Crippen LogP contribution in [-0.4, -0.2) is 37.8 Å². The second-order valence-corrected chi connectivity index (χ2v) is 7.57. The van der Waals surface area contributed by atoms with Gasteiger partial charge in [-0.25, -0.2) is 0 Å². The molecular weight excluding hydrogens is 448 g/mol. The third-order valence-corrected chi connectivity index (χ3v) is 5.53. The maximum Gasteiger partial charge on any atom is 0.325 e. The minimum absolute atomic E-state index is 0.0561. The Morgan fingerprint density at radius 2 is 1.89 bits per heavy atom. The molecule has 0 radical (unpaired) electrons. The van der Waals surface area contributed by atoms with E-state index < -0.39 is 11.9 Å². The maximum absolute atomic E-state index is 12.9. The number of fused-ring (bicyclic) bond motifs is 1. The van der Waals surface area contributed by atoms with Crippen molar-refractivity contribution < 1.29 is 23.8 Å². The van der Waals surface area contributed by atoms with Gasteiger partial charge >= 0.3 is 5.97 Å². The van der Waals surface area contributed by atoms with Crippen molar-refractivity contribution in [2.45, 2.75) is 6.54 Å². The van der Waals surface area contributed by atoms with Crippen LogP contribution in [0, 0.1) is 0 Å². The third-order valence-electron chi connectivity index (χ3n) is 3.99. The molecule has 9 heteroatoms. The van der Waals surface area contributed by atoms with Crippen LogP contribution >= 0.6 is 27.3 Å². The molecule has 0 aliphatic rings. The van der Waals surface area contributed by atoms with Crippen LogP contribution < -0.4 is 14.3 Å². The van der Waals surface area contributed by atoms with Crippen LogP contribution in [0.15, 0.2) is 45.9 Å². The molecule has 2 aromatic carbocycles. The van der Waals surface area contributed by atoms with Crippen LogP contribution in [0.5, 0.6) is 11.5 Å². The average Bonchev–Trinajstić information content (AvgIpc) is 3.02. The van der Waals surface area contributed by atoms with E-state index in [-0.39, 0.29) is 12.1 Å². The smallest absolute Gasteiger partial charge is 0.325 e. The fourth-order valence-corrected chi connectivity index (χ4v) is 4.19. The van der Waals surface area contributed by atoms with Crippen LogP contribution in [0.2, 0.25) is 0 Å². The highest BCUT2D eigenvalue weighted by molar-refractivity contribution is 9.10. The van der Waals surface area contributed by atoms with Crippen LogP contribution in [0.4, 0.5) is 0 Å². The number of carbonyl (C=O) groups excluding carboxylic acids is 2. The molecule has 7 nitrogen and oxygen atoms in total. The molecule has 0 atom stereocenters. The van der Waals surface area contributed by atoms with E-state index in [9.17, 15) is 9.59 Å². The molecule has 0 fully saturated rings. The van der Waals surface area contributed by atoms with Crippen molar-refractivity contribution in [2.24, 2.45) is 4.99 Å². The molecule has 3 rings (SSSR count). The number of benzene rings is 2. The lowest BCUT2D eigenvalue weighted by molar-refractivity contribution is -0.141. The van der Waals surface area contributed by atoms with Gasteiger partial charge in [0.25, 0.3) is 5.91 Å². The lowest BCUT2D eigenvalue weighted by Gasteiger charge is -2.07. The number of nitrogens with zero attached hydrogens (tertiary/aromatic N) is 2. The Balaban J connectivity index is 2.16. The quantitative estimate of drug-likeness (QED) is 0.540. The van der Waals surface area contributed by atoms with E-state index in [1.165, 1.54) is 32.7 Å². The van der Waals surface area contributed by atoms with E-state index >= 15 is 0 Å². The van der Waals surface area contributed by atoms with Crippen molar-refractivity contribution in [1.29, 1.82) is 0 Å². The summed E-state index contributed by atoms with van der Waals surface area (Å²) in [5, 5.41) is 0. The second-order valence-electron chi connectivity index (χ2n) is 5.64. The second kappa shape index (κ2) is 8.57. The van der Waals surface area contributed by atoms with Crippen molar-refractivity contribution in [3.05, 3.63) is 51.2 Å². The standard InChI is InChI=1S/C19H17BrN2O5S/c1-25-12-5-7-15(26-2)13(9-12)18(24)21-19-22(10-17(23)27-3)14-6-4-11(20)8-16(14)28-19/h4-9H,10H2,1-3H3. The van der Waals surface area contributed by atoms with E-state index in [0.717, 1.165) is 14.7 Å². The van der Waals surface area contributed by atoms with Crippen molar-refractivity contribution >= 4 is 49.4 Å². The van der Waals surface area contributed by atoms with Gasteiger partial charge in [0, 0.05) is 4.47 Å². The van der Waals surface area contributed by atoms with Gasteiger partial charge in [0.2, 0.25) is 0 Å². The highest BCUT2D eigenvalue weighted by Gasteiger charge is 2.16. The minimum atomic E-state index is -0.500. The molecule has 0 N–H and O–H groups in total. The number of thiazole rings is 1. The summed E-state index contributed by atoms with van der Waals surface area (Å²) in [5.74, 6) is -0.0320. The number of hydrogen-bond acceptors (Lipinski definition) is 6. The van der Waals surface area contributed by atoms with Gasteiger partial charge in [0.15, 0.2) is 4.80 Å². The molecule has 146 valence electrons. The molecule has 0 aliphatic heterocycles. The molecular formula is C19H17BrN2O5S. The van der Waals surface area contributed by atoms with Crippen LogP contribution in [0.3, 0.4) is 0 Å². The van der Waals surface area contributed by atoms with Crippen molar-refractivity contribution in [3.63, 3.8) is 0 Å². The Hall–Kier alpha value is -2.65. The Morgan fingerprint density at radius 3 is 2.57 bits per heavy atom. The Labute approximate surface area is 173 Å². The van der Waals surface area contributed by atoms with E-state index in [1.807, 2.05) is 18.2 Å². The summed E-state index contributed by atoms with van der Waals surface area (Å²) >= 11 is 4.73. The zero-order valence-electron chi connectivity index (χ0n) is 15.4. The lowest BCUT2D eigenvalue weighted by atomic mass is 10.2. The van der Waals surface area contributed by atoms with E-state index in [0.29, 0.717) is 16.3 Å². The number of halogens is 1. The predicted octanol–water partition coefficient (Wildman–Crippen LogP) is 3.40. The monoisotopic (exact) mass is 464 g/mol. The Bertz CT molecular complexity index is 1120. The number of esters is 1. The summed E-state index contributed by atoms with van der Waals surface area (Å²) in [6, 6.07) is 10.5. The number of aromatic nitrogens is 1. The molecule has 1 amide bonds. The molecule has 3 aromatic rings. The first-order valence-electron chi connectivity index (χ1n) is 8.13. The predicted molar refractivity (Wildman–Crippen MR) is 109 cm³/mol. The van der Waals surface area contributed by atoms with Crippen LogP contribution in [-0.2, 0) is 16.1 Å². The molecule has 0 saturated heterocycles. The number of carbonyl (C=O) groups is 2. The lowest BCUT2D eigenvalue weighted by Crippen LogP contribution is -2.22. The Morgan fingerprint density at radius 1 is 1.11 bits per heavy atom. The van der Waals surface area contributed by atoms with Crippen LogP contribution in [0.25, 0.3) is 10.2 Å². The summed E-state index contributed by atoms with van der Waals surface area (Å²) in [4.78, 5) is 29.4. The molecule has 0 spiro atoms. The number of methoxy groups -OCH3 is 3. The van der Waals surface area contributed by atoms with Crippen LogP contribution in [0.1, 0.15) is 10.4 Å². The molecule has 0 unspecified atom stereocenters. The summed E-state index contributed by atoms with van der Waals surface area (Å²) in [6.45, 7) is -0.0561. The van der Waals surface area contributed by atoms with E-state index in [4.69, 9.17) is 14.2 Å². The molecule has 0 aliphatic carbocycles. The number of hydrogen-bond donors (Lipinski definition) is 0. The molecule has 0 saturated carbocycles. The van der Waals surface area contributed by atoms with E-state index in [2.05, 4.69) is 20.9 Å². The minimum Gasteiger partial charge on any atom is -0.497 e. The first-order valence-corrected chi connectivity index (χ1v) is 9.74. The number of amides is 1. The fraction of sp³-hybridized carbons (Fsp3) is 0.211. The molecule has 1 aromatic heterocycles. The number of rotatable bonds is 5. The Kier molecular flexibility index (Phi) is 6.15. The highest BCUT2D eigenvalue weighted by Crippen LogP contribution is 2.25. The highest BCUT2D eigenvalue weighted by atomic mass is 79.9. The van der Waals surface area contributed by atoms with Gasteiger partial charge in [0.05, 0.1) is 37.1 Å². The summed E-state index contributed by atoms with van der Waals surface area (Å²) in [7, 11) is 4.31. The van der Waals surface area contributed by atoms with Gasteiger partial charge in [-0.2, -0.15) is 4.99 Å². The van der Waals surface area contributed by atoms with Gasteiger partial charge in [-0.05, 0) is 36.4 Å². The fourth-order valence-electron chi connectivity index (χ4n) is 2.61. The van der Waals surface area contributed by atoms with Crippen molar-refractivity contribution in [2.75, 3.05) is 21.3 Å². The normalized spacial score (nSPS) is 11.5. The number of ether oxygens (including phenoxy) is 3. The zero-order chi connectivity index (χ0) is 20.3.